The van der Waals surface area contributed by atoms with Crippen molar-refractivity contribution in [3.63, 3.8) is 0 Å². The molecule has 1 aliphatic heterocycles. The van der Waals surface area contributed by atoms with Crippen molar-refractivity contribution in [2.45, 2.75) is 38.0 Å². The van der Waals surface area contributed by atoms with Crippen LogP contribution in [0.4, 0.5) is 13.2 Å². The molecule has 3 rings (SSSR count). The predicted molar refractivity (Wildman–Crippen MR) is 88.0 cm³/mol. The largest absolute Gasteiger partial charge is 0.496 e. The van der Waals surface area contributed by atoms with E-state index in [1.54, 1.807) is 44.2 Å². The van der Waals surface area contributed by atoms with Crippen LogP contribution in [0.25, 0.3) is 10.8 Å². The summed E-state index contributed by atoms with van der Waals surface area (Å²) in [5.74, 6) is 0.0852. The number of nitrogens with zero attached hydrogens (tertiary/aromatic N) is 1. The lowest BCUT2D eigenvalue weighted by Crippen LogP contribution is -2.51. The molecule has 7 heteroatoms. The molecule has 25 heavy (non-hydrogen) atoms. The molecule has 1 heterocycles. The van der Waals surface area contributed by atoms with Crippen molar-refractivity contribution in [1.29, 1.82) is 0 Å². The zero-order valence-electron chi connectivity index (χ0n) is 14.1. The van der Waals surface area contributed by atoms with Crippen LogP contribution < -0.4 is 10.2 Å². The molecule has 0 radical (unpaired) electrons. The van der Waals surface area contributed by atoms with Crippen molar-refractivity contribution in [1.82, 2.24) is 10.4 Å². The van der Waals surface area contributed by atoms with E-state index in [-0.39, 0.29) is 12.0 Å². The molecule has 0 bridgehead atoms. The van der Waals surface area contributed by atoms with Crippen LogP contribution in [0.3, 0.4) is 0 Å². The fourth-order valence-corrected chi connectivity index (χ4v) is 3.40. The summed E-state index contributed by atoms with van der Waals surface area (Å²) in [5, 5.41) is 2.06. The number of nitrogens with one attached hydrogen (secondary N) is 1. The molecule has 0 saturated carbocycles. The lowest BCUT2D eigenvalue weighted by atomic mass is 9.93. The van der Waals surface area contributed by atoms with Gasteiger partial charge in [-0.3, -0.25) is 10.2 Å². The van der Waals surface area contributed by atoms with Gasteiger partial charge < -0.3 is 4.74 Å². The minimum atomic E-state index is -4.56. The topological polar surface area (TPSA) is 41.6 Å². The quantitative estimate of drug-likeness (QED) is 0.909. The third kappa shape index (κ3) is 3.04. The number of alkyl halides is 3. The number of hydrazine groups is 1. The number of fused-ring (bicyclic) bond motifs is 1. The summed E-state index contributed by atoms with van der Waals surface area (Å²) in [5.41, 5.74) is 1.51. The lowest BCUT2D eigenvalue weighted by Gasteiger charge is -2.38. The van der Waals surface area contributed by atoms with Crippen LogP contribution in [0.1, 0.15) is 31.9 Å². The molecule has 1 amide bonds. The van der Waals surface area contributed by atoms with Crippen molar-refractivity contribution in [2.75, 3.05) is 7.11 Å². The molecule has 0 aliphatic carbocycles. The molecule has 134 valence electrons. The van der Waals surface area contributed by atoms with Gasteiger partial charge in [0.2, 0.25) is 5.91 Å². The average molecular weight is 352 g/mol. The van der Waals surface area contributed by atoms with Gasteiger partial charge in [0.05, 0.1) is 7.11 Å². The highest BCUT2D eigenvalue weighted by atomic mass is 19.4. The standard InChI is InChI=1S/C18H19F3N2O2/c1-17(2)10-15(24)22-23(17)16(18(19,20)21)13-8-4-7-12-11(13)6-5-9-14(12)25-3/h4-9,16H,10H2,1-3H3,(H,22,24). The number of amides is 1. The number of carbonyl (C=O) groups is 1. The highest BCUT2D eigenvalue weighted by molar-refractivity contribution is 5.91. The number of hydrogen-bond acceptors (Lipinski definition) is 3. The van der Waals surface area contributed by atoms with Crippen molar-refractivity contribution >= 4 is 16.7 Å². The van der Waals surface area contributed by atoms with Crippen molar-refractivity contribution in [2.24, 2.45) is 0 Å². The van der Waals surface area contributed by atoms with Gasteiger partial charge in [-0.2, -0.15) is 18.2 Å². The first kappa shape index (κ1) is 17.5. The van der Waals surface area contributed by atoms with E-state index in [1.165, 1.54) is 13.2 Å². The second-order valence-corrected chi connectivity index (χ2v) is 6.74. The molecular formula is C18H19F3N2O2. The summed E-state index contributed by atoms with van der Waals surface area (Å²) < 4.78 is 47.3. The van der Waals surface area contributed by atoms with Gasteiger partial charge in [-0.25, -0.2) is 0 Å². The molecule has 1 atom stereocenters. The Bertz CT molecular complexity index is 818. The molecule has 1 unspecified atom stereocenters. The Morgan fingerprint density at radius 2 is 1.80 bits per heavy atom. The van der Waals surface area contributed by atoms with E-state index in [0.717, 1.165) is 5.01 Å². The third-order valence-corrected chi connectivity index (χ3v) is 4.49. The summed E-state index contributed by atoms with van der Waals surface area (Å²) in [4.78, 5) is 11.8. The van der Waals surface area contributed by atoms with Crippen LogP contribution in [0.5, 0.6) is 5.75 Å². The number of hydrogen-bond donors (Lipinski definition) is 1. The van der Waals surface area contributed by atoms with Crippen molar-refractivity contribution < 1.29 is 22.7 Å². The second kappa shape index (κ2) is 5.91. The third-order valence-electron chi connectivity index (χ3n) is 4.49. The Balaban J connectivity index is 2.22. The van der Waals surface area contributed by atoms with Gasteiger partial charge >= 0.3 is 6.18 Å². The predicted octanol–water partition coefficient (Wildman–Crippen LogP) is 3.97. The van der Waals surface area contributed by atoms with Gasteiger partial charge in [0.1, 0.15) is 5.75 Å². The molecule has 4 nitrogen and oxygen atoms in total. The van der Waals surface area contributed by atoms with Crippen LogP contribution >= 0.6 is 0 Å². The molecule has 1 N–H and O–H groups in total. The summed E-state index contributed by atoms with van der Waals surface area (Å²) in [6, 6.07) is 7.78. The molecule has 2 aromatic rings. The van der Waals surface area contributed by atoms with Crippen LogP contribution in [-0.2, 0) is 4.79 Å². The van der Waals surface area contributed by atoms with E-state index < -0.39 is 23.7 Å². The minimum Gasteiger partial charge on any atom is -0.496 e. The van der Waals surface area contributed by atoms with Crippen LogP contribution in [0.15, 0.2) is 36.4 Å². The Morgan fingerprint density at radius 1 is 1.16 bits per heavy atom. The summed E-state index contributed by atoms with van der Waals surface area (Å²) in [7, 11) is 1.48. The first-order valence-electron chi connectivity index (χ1n) is 7.86. The number of carbonyl (C=O) groups excluding carboxylic acids is 1. The Morgan fingerprint density at radius 3 is 2.36 bits per heavy atom. The maximum atomic E-state index is 14.0. The van der Waals surface area contributed by atoms with E-state index in [1.807, 2.05) is 0 Å². The van der Waals surface area contributed by atoms with E-state index in [9.17, 15) is 18.0 Å². The van der Waals surface area contributed by atoms with Crippen LogP contribution in [-0.4, -0.2) is 29.7 Å². The van der Waals surface area contributed by atoms with E-state index >= 15 is 0 Å². The van der Waals surface area contributed by atoms with Crippen molar-refractivity contribution in [3.05, 3.63) is 42.0 Å². The van der Waals surface area contributed by atoms with Crippen LogP contribution in [0.2, 0.25) is 0 Å². The number of methoxy groups -OCH3 is 1. The minimum absolute atomic E-state index is 0.00761. The highest BCUT2D eigenvalue weighted by Crippen LogP contribution is 2.45. The van der Waals surface area contributed by atoms with Gasteiger partial charge in [0.15, 0.2) is 6.04 Å². The molecular weight excluding hydrogens is 333 g/mol. The first-order chi connectivity index (χ1) is 11.6. The van der Waals surface area contributed by atoms with Gasteiger partial charge in [-0.15, -0.1) is 0 Å². The summed E-state index contributed by atoms with van der Waals surface area (Å²) >= 11 is 0. The fraction of sp³-hybridized carbons (Fsp3) is 0.389. The first-order valence-corrected chi connectivity index (χ1v) is 7.86. The van der Waals surface area contributed by atoms with E-state index in [4.69, 9.17) is 4.74 Å². The number of benzene rings is 2. The molecule has 0 spiro atoms. The lowest BCUT2D eigenvalue weighted by molar-refractivity contribution is -0.203. The number of halogens is 3. The van der Waals surface area contributed by atoms with Gasteiger partial charge in [0.25, 0.3) is 0 Å². The summed E-state index contributed by atoms with van der Waals surface area (Å²) in [6.45, 7) is 3.24. The second-order valence-electron chi connectivity index (χ2n) is 6.74. The Labute approximate surface area is 143 Å². The number of ether oxygens (including phenoxy) is 1. The molecule has 0 aromatic heterocycles. The van der Waals surface area contributed by atoms with Crippen molar-refractivity contribution in [3.8, 4) is 5.75 Å². The van der Waals surface area contributed by atoms with E-state index in [0.29, 0.717) is 16.5 Å². The fourth-order valence-electron chi connectivity index (χ4n) is 3.40. The van der Waals surface area contributed by atoms with Gasteiger partial charge in [-0.05, 0) is 30.9 Å². The number of rotatable bonds is 3. The Kier molecular flexibility index (Phi) is 4.15. The Hall–Kier alpha value is -2.28. The van der Waals surface area contributed by atoms with Crippen LogP contribution in [0, 0.1) is 0 Å². The molecule has 2 aromatic carbocycles. The maximum Gasteiger partial charge on any atom is 0.409 e. The SMILES string of the molecule is COc1cccc2c(C(N3NC(=O)CC3(C)C)C(F)(F)F)cccc12. The van der Waals surface area contributed by atoms with E-state index in [2.05, 4.69) is 5.43 Å². The molecule has 1 saturated heterocycles. The molecule has 1 fully saturated rings. The normalized spacial score (nSPS) is 19.0. The monoisotopic (exact) mass is 352 g/mol. The molecule has 1 aliphatic rings. The zero-order chi connectivity index (χ0) is 18.4. The highest BCUT2D eigenvalue weighted by Gasteiger charge is 2.53. The zero-order valence-corrected chi connectivity index (χ0v) is 14.1. The maximum absolute atomic E-state index is 14.0. The smallest absolute Gasteiger partial charge is 0.409 e. The average Bonchev–Trinajstić information content (AvgIpc) is 2.78. The van der Waals surface area contributed by atoms with Gasteiger partial charge in [-0.1, -0.05) is 30.3 Å². The summed E-state index contributed by atoms with van der Waals surface area (Å²) in [6.07, 6.45) is -4.56. The van der Waals surface area contributed by atoms with Gasteiger partial charge in [0, 0.05) is 17.3 Å².